The molecule has 0 saturated heterocycles. The van der Waals surface area contributed by atoms with Gasteiger partial charge in [0.2, 0.25) is 0 Å². The van der Waals surface area contributed by atoms with Crippen LogP contribution in [0.25, 0.3) is 10.8 Å². The lowest BCUT2D eigenvalue weighted by atomic mass is 9.99. The Balaban J connectivity index is 2.15. The molecule has 0 aliphatic carbocycles. The van der Waals surface area contributed by atoms with Crippen molar-refractivity contribution in [3.05, 3.63) is 66.5 Å². The van der Waals surface area contributed by atoms with Gasteiger partial charge in [-0.2, -0.15) is 0 Å². The van der Waals surface area contributed by atoms with Gasteiger partial charge in [-0.15, -0.1) is 0 Å². The quantitative estimate of drug-likeness (QED) is 0.787. The zero-order valence-corrected chi connectivity index (χ0v) is 11.3. The number of aromatic nitrogens is 3. The first-order valence-corrected chi connectivity index (χ1v) is 6.73. The number of benzene rings is 1. The predicted octanol–water partition coefficient (Wildman–Crippen LogP) is 2.72. The first kappa shape index (κ1) is 12.7. The standard InChI is InChI=1S/C16H16N4/c1-2-18-15(16-19-8-4-9-20-16)13-6-3-5-12-7-10-17-11-14(12)13/h3-11,15,18H,2H2,1H3. The zero-order chi connectivity index (χ0) is 13.8. The molecule has 100 valence electrons. The van der Waals surface area contributed by atoms with Gasteiger partial charge in [-0.25, -0.2) is 9.97 Å². The van der Waals surface area contributed by atoms with Gasteiger partial charge in [0.25, 0.3) is 0 Å². The van der Waals surface area contributed by atoms with Crippen molar-refractivity contribution in [2.24, 2.45) is 0 Å². The normalized spacial score (nSPS) is 12.4. The largest absolute Gasteiger partial charge is 0.304 e. The van der Waals surface area contributed by atoms with E-state index in [2.05, 4.69) is 45.4 Å². The Morgan fingerprint density at radius 2 is 1.90 bits per heavy atom. The molecule has 0 saturated carbocycles. The second-order valence-corrected chi connectivity index (χ2v) is 4.54. The number of hydrogen-bond donors (Lipinski definition) is 1. The van der Waals surface area contributed by atoms with Crippen molar-refractivity contribution in [2.75, 3.05) is 6.54 Å². The third kappa shape index (κ3) is 2.38. The highest BCUT2D eigenvalue weighted by molar-refractivity contribution is 5.85. The highest BCUT2D eigenvalue weighted by atomic mass is 15.0. The van der Waals surface area contributed by atoms with Crippen LogP contribution in [0.5, 0.6) is 0 Å². The number of rotatable bonds is 4. The van der Waals surface area contributed by atoms with Gasteiger partial charge in [0.15, 0.2) is 0 Å². The Bertz CT molecular complexity index is 692. The fourth-order valence-corrected chi connectivity index (χ4v) is 2.39. The molecule has 2 heterocycles. The molecule has 0 bridgehead atoms. The van der Waals surface area contributed by atoms with Crippen molar-refractivity contribution >= 4 is 10.8 Å². The van der Waals surface area contributed by atoms with Crippen molar-refractivity contribution in [1.82, 2.24) is 20.3 Å². The Morgan fingerprint density at radius 1 is 1.05 bits per heavy atom. The van der Waals surface area contributed by atoms with Crippen molar-refractivity contribution in [2.45, 2.75) is 13.0 Å². The summed E-state index contributed by atoms with van der Waals surface area (Å²) in [6, 6.07) is 10.1. The van der Waals surface area contributed by atoms with Crippen molar-refractivity contribution in [3.63, 3.8) is 0 Å². The molecule has 0 fully saturated rings. The molecule has 0 amide bonds. The Labute approximate surface area is 117 Å². The van der Waals surface area contributed by atoms with Crippen molar-refractivity contribution < 1.29 is 0 Å². The maximum absolute atomic E-state index is 4.39. The van der Waals surface area contributed by atoms with Crippen LogP contribution < -0.4 is 5.32 Å². The molecule has 3 aromatic rings. The summed E-state index contributed by atoms with van der Waals surface area (Å²) in [5.41, 5.74) is 1.16. The van der Waals surface area contributed by atoms with E-state index in [-0.39, 0.29) is 6.04 Å². The smallest absolute Gasteiger partial charge is 0.149 e. The first-order chi connectivity index (χ1) is 9.90. The van der Waals surface area contributed by atoms with Gasteiger partial charge in [-0.1, -0.05) is 25.1 Å². The van der Waals surface area contributed by atoms with Crippen LogP contribution in [0.15, 0.2) is 55.1 Å². The third-order valence-corrected chi connectivity index (χ3v) is 3.28. The fraction of sp³-hybridized carbons (Fsp3) is 0.188. The highest BCUT2D eigenvalue weighted by Crippen LogP contribution is 2.26. The van der Waals surface area contributed by atoms with Gasteiger partial charge in [-0.05, 0) is 29.6 Å². The summed E-state index contributed by atoms with van der Waals surface area (Å²) >= 11 is 0. The highest BCUT2D eigenvalue weighted by Gasteiger charge is 2.17. The lowest BCUT2D eigenvalue weighted by Gasteiger charge is -2.18. The molecule has 3 rings (SSSR count). The summed E-state index contributed by atoms with van der Waals surface area (Å²) in [7, 11) is 0. The number of nitrogens with zero attached hydrogens (tertiary/aromatic N) is 3. The third-order valence-electron chi connectivity index (χ3n) is 3.28. The number of nitrogens with one attached hydrogen (secondary N) is 1. The van der Waals surface area contributed by atoms with E-state index in [1.807, 2.05) is 24.5 Å². The van der Waals surface area contributed by atoms with Gasteiger partial charge in [0.1, 0.15) is 5.82 Å². The van der Waals surface area contributed by atoms with Crippen LogP contribution in [0, 0.1) is 0 Å². The second-order valence-electron chi connectivity index (χ2n) is 4.54. The average molecular weight is 264 g/mol. The summed E-state index contributed by atoms with van der Waals surface area (Å²) in [5.74, 6) is 0.783. The SMILES string of the molecule is CCNC(c1ncccn1)c1cccc2ccncc12. The Kier molecular flexibility index (Phi) is 3.65. The van der Waals surface area contributed by atoms with Crippen LogP contribution in [-0.4, -0.2) is 21.5 Å². The molecule has 20 heavy (non-hydrogen) atoms. The lowest BCUT2D eigenvalue weighted by Crippen LogP contribution is -2.24. The molecular formula is C16H16N4. The Morgan fingerprint density at radius 3 is 2.70 bits per heavy atom. The van der Waals surface area contributed by atoms with E-state index < -0.39 is 0 Å². The van der Waals surface area contributed by atoms with E-state index in [1.165, 1.54) is 5.39 Å². The molecule has 1 unspecified atom stereocenters. The molecule has 2 aromatic heterocycles. The summed E-state index contributed by atoms with van der Waals surface area (Å²) in [4.78, 5) is 13.0. The Hall–Kier alpha value is -2.33. The van der Waals surface area contributed by atoms with E-state index in [0.29, 0.717) is 0 Å². The van der Waals surface area contributed by atoms with Crippen LogP contribution in [0.4, 0.5) is 0 Å². The topological polar surface area (TPSA) is 50.7 Å². The number of fused-ring (bicyclic) bond motifs is 1. The minimum Gasteiger partial charge on any atom is -0.304 e. The predicted molar refractivity (Wildman–Crippen MR) is 79.3 cm³/mol. The van der Waals surface area contributed by atoms with Crippen LogP contribution in [-0.2, 0) is 0 Å². The van der Waals surface area contributed by atoms with Crippen LogP contribution in [0.1, 0.15) is 24.4 Å². The van der Waals surface area contributed by atoms with Gasteiger partial charge in [0, 0.05) is 30.2 Å². The summed E-state index contributed by atoms with van der Waals surface area (Å²) in [6.45, 7) is 2.93. The fourth-order valence-electron chi connectivity index (χ4n) is 2.39. The molecule has 1 N–H and O–H groups in total. The monoisotopic (exact) mass is 264 g/mol. The molecule has 0 radical (unpaired) electrons. The zero-order valence-electron chi connectivity index (χ0n) is 11.3. The minimum absolute atomic E-state index is 0.0194. The summed E-state index contributed by atoms with van der Waals surface area (Å²) < 4.78 is 0. The maximum Gasteiger partial charge on any atom is 0.149 e. The van der Waals surface area contributed by atoms with Crippen molar-refractivity contribution in [3.8, 4) is 0 Å². The van der Waals surface area contributed by atoms with Gasteiger partial charge in [-0.3, -0.25) is 4.98 Å². The van der Waals surface area contributed by atoms with Gasteiger partial charge in [0.05, 0.1) is 6.04 Å². The van der Waals surface area contributed by atoms with Gasteiger partial charge < -0.3 is 5.32 Å². The summed E-state index contributed by atoms with van der Waals surface area (Å²) in [5, 5.41) is 5.76. The lowest BCUT2D eigenvalue weighted by molar-refractivity contribution is 0.600. The maximum atomic E-state index is 4.39. The molecule has 1 aromatic carbocycles. The molecule has 0 aliphatic heterocycles. The van der Waals surface area contributed by atoms with E-state index in [9.17, 15) is 0 Å². The number of pyridine rings is 1. The van der Waals surface area contributed by atoms with Crippen LogP contribution in [0.3, 0.4) is 0 Å². The molecule has 0 aliphatic rings. The summed E-state index contributed by atoms with van der Waals surface area (Å²) in [6.07, 6.45) is 7.26. The first-order valence-electron chi connectivity index (χ1n) is 6.73. The average Bonchev–Trinajstić information content (AvgIpc) is 2.53. The van der Waals surface area contributed by atoms with E-state index in [0.717, 1.165) is 23.3 Å². The van der Waals surface area contributed by atoms with Gasteiger partial charge >= 0.3 is 0 Å². The molecular weight excluding hydrogens is 248 g/mol. The van der Waals surface area contributed by atoms with Crippen LogP contribution >= 0.6 is 0 Å². The van der Waals surface area contributed by atoms with Crippen LogP contribution in [0.2, 0.25) is 0 Å². The van der Waals surface area contributed by atoms with E-state index in [4.69, 9.17) is 0 Å². The van der Waals surface area contributed by atoms with Crippen molar-refractivity contribution in [1.29, 1.82) is 0 Å². The molecule has 0 spiro atoms. The molecule has 1 atom stereocenters. The second kappa shape index (κ2) is 5.75. The number of hydrogen-bond acceptors (Lipinski definition) is 4. The van der Waals surface area contributed by atoms with E-state index in [1.54, 1.807) is 12.4 Å². The minimum atomic E-state index is -0.0194. The molecule has 4 nitrogen and oxygen atoms in total. The van der Waals surface area contributed by atoms with E-state index >= 15 is 0 Å². The molecule has 4 heteroatoms.